The lowest BCUT2D eigenvalue weighted by Gasteiger charge is -2.28. The van der Waals surface area contributed by atoms with Crippen LogP contribution in [0.2, 0.25) is 0 Å². The van der Waals surface area contributed by atoms with E-state index in [1.165, 1.54) is 10.8 Å². The molecule has 0 N–H and O–H groups in total. The third kappa shape index (κ3) is 4.50. The zero-order chi connectivity index (χ0) is 29.5. The molecule has 0 aliphatic rings. The van der Waals surface area contributed by atoms with Crippen LogP contribution in [0.1, 0.15) is 19.4 Å². The topological polar surface area (TPSA) is 29.5 Å². The molecule has 43 heavy (non-hydrogen) atoms. The van der Waals surface area contributed by atoms with Crippen LogP contribution in [0.25, 0.3) is 48.7 Å². The molecule has 3 heteroatoms. The number of methoxy groups -OCH3 is 1. The van der Waals surface area contributed by atoms with Crippen molar-refractivity contribution in [3.63, 3.8) is 0 Å². The van der Waals surface area contributed by atoms with Gasteiger partial charge in [0.2, 0.25) is 0 Å². The van der Waals surface area contributed by atoms with Gasteiger partial charge in [-0.25, -0.2) is 0 Å². The third-order valence-electron chi connectivity index (χ3n) is 8.39. The Bertz CT molecular complexity index is 2210. The van der Waals surface area contributed by atoms with E-state index < -0.39 is 0 Å². The van der Waals surface area contributed by atoms with Gasteiger partial charge in [0, 0.05) is 16.8 Å². The Morgan fingerprint density at radius 1 is 0.535 bits per heavy atom. The number of allylic oxidation sites excluding steroid dienone is 2. The molecule has 0 fully saturated rings. The molecule has 0 radical (unpaired) electrons. The van der Waals surface area contributed by atoms with Gasteiger partial charge in [-0.3, -0.25) is 4.79 Å². The van der Waals surface area contributed by atoms with Crippen LogP contribution in [0.15, 0.2) is 139 Å². The standard InChI is InChI=1S/C40H31NO2/c1-26(42)40(27(2)43-3)38-24-36-34-19-11-12-20-35(34)39(25-37(36)32-17-9-10-18-33(32)38)41(30-15-5-4-6-16-30)31-22-21-28-13-7-8-14-29(28)23-31/h4-25H,1-3H3/b40-27+. The highest BCUT2D eigenvalue weighted by molar-refractivity contribution is 6.29. The van der Waals surface area contributed by atoms with E-state index in [1.54, 1.807) is 14.0 Å². The molecule has 208 valence electrons. The predicted molar refractivity (Wildman–Crippen MR) is 181 cm³/mol. The Hall–Kier alpha value is -5.41. The number of ketones is 1. The number of hydrogen-bond donors (Lipinski definition) is 0. The fraction of sp³-hybridized carbons (Fsp3) is 0.0750. The van der Waals surface area contributed by atoms with Crippen LogP contribution >= 0.6 is 0 Å². The minimum Gasteiger partial charge on any atom is -0.501 e. The van der Waals surface area contributed by atoms with E-state index in [0.29, 0.717) is 11.3 Å². The number of Topliss-reactive ketones (excluding diaryl/α,β-unsaturated/α-hetero) is 1. The van der Waals surface area contributed by atoms with Gasteiger partial charge < -0.3 is 9.64 Å². The summed E-state index contributed by atoms with van der Waals surface area (Å²) < 4.78 is 5.61. The number of carbonyl (C=O) groups excluding carboxylic acids is 1. The molecule has 0 bridgehead atoms. The molecule has 0 aromatic heterocycles. The number of rotatable bonds is 6. The second-order valence-electron chi connectivity index (χ2n) is 10.9. The van der Waals surface area contributed by atoms with Gasteiger partial charge in [0.25, 0.3) is 0 Å². The minimum absolute atomic E-state index is 0.0173. The lowest BCUT2D eigenvalue weighted by atomic mass is 9.88. The Balaban J connectivity index is 1.61. The Morgan fingerprint density at radius 2 is 1.12 bits per heavy atom. The van der Waals surface area contributed by atoms with Crippen LogP contribution < -0.4 is 4.90 Å². The highest BCUT2D eigenvalue weighted by Crippen LogP contribution is 2.45. The fourth-order valence-electron chi connectivity index (χ4n) is 6.37. The van der Waals surface area contributed by atoms with Crippen molar-refractivity contribution in [2.24, 2.45) is 0 Å². The second kappa shape index (κ2) is 10.8. The highest BCUT2D eigenvalue weighted by atomic mass is 16.5. The summed E-state index contributed by atoms with van der Waals surface area (Å²) in [6.07, 6.45) is 0. The predicted octanol–water partition coefficient (Wildman–Crippen LogP) is 10.7. The molecular formula is C40H31NO2. The van der Waals surface area contributed by atoms with Crippen molar-refractivity contribution >= 4 is 71.5 Å². The third-order valence-corrected chi connectivity index (χ3v) is 8.39. The summed E-state index contributed by atoms with van der Waals surface area (Å²) in [7, 11) is 1.62. The SMILES string of the molecule is CO/C(C)=C(\C(C)=O)c1cc2c3ccccc3c(N(c3ccccc3)c3ccc4ccccc4c3)cc2c2ccccc12. The number of benzene rings is 7. The van der Waals surface area contributed by atoms with Crippen LogP contribution in [0.3, 0.4) is 0 Å². The molecule has 0 aliphatic carbocycles. The van der Waals surface area contributed by atoms with Crippen molar-refractivity contribution in [2.45, 2.75) is 13.8 Å². The smallest absolute Gasteiger partial charge is 0.163 e. The van der Waals surface area contributed by atoms with Crippen LogP contribution in [0.5, 0.6) is 0 Å². The van der Waals surface area contributed by atoms with Crippen LogP contribution in [0.4, 0.5) is 17.1 Å². The van der Waals surface area contributed by atoms with Crippen molar-refractivity contribution < 1.29 is 9.53 Å². The first kappa shape index (κ1) is 26.5. The van der Waals surface area contributed by atoms with E-state index in [-0.39, 0.29) is 5.78 Å². The van der Waals surface area contributed by atoms with Crippen molar-refractivity contribution in [3.05, 3.63) is 145 Å². The molecule has 7 aromatic carbocycles. The number of hydrogen-bond acceptors (Lipinski definition) is 3. The van der Waals surface area contributed by atoms with Gasteiger partial charge in [-0.05, 0) is 93.5 Å². The highest BCUT2D eigenvalue weighted by Gasteiger charge is 2.21. The van der Waals surface area contributed by atoms with Crippen LogP contribution in [-0.2, 0) is 9.53 Å². The molecule has 0 amide bonds. The Morgan fingerprint density at radius 3 is 1.81 bits per heavy atom. The lowest BCUT2D eigenvalue weighted by Crippen LogP contribution is -2.10. The quantitative estimate of drug-likeness (QED) is 0.116. The number of anilines is 3. The molecule has 7 aromatic rings. The fourth-order valence-corrected chi connectivity index (χ4v) is 6.37. The van der Waals surface area contributed by atoms with Crippen LogP contribution in [-0.4, -0.2) is 12.9 Å². The molecule has 0 spiro atoms. The number of carbonyl (C=O) groups is 1. The molecule has 0 atom stereocenters. The summed E-state index contributed by atoms with van der Waals surface area (Å²) in [5, 5.41) is 9.01. The Kier molecular flexibility index (Phi) is 6.64. The first-order chi connectivity index (χ1) is 21.0. The normalized spacial score (nSPS) is 12.1. The minimum atomic E-state index is -0.0173. The first-order valence-corrected chi connectivity index (χ1v) is 14.5. The van der Waals surface area contributed by atoms with Crippen LogP contribution in [0, 0.1) is 0 Å². The van der Waals surface area contributed by atoms with Gasteiger partial charge in [0.15, 0.2) is 5.78 Å². The number of para-hydroxylation sites is 1. The van der Waals surface area contributed by atoms with E-state index in [0.717, 1.165) is 54.9 Å². The molecule has 3 nitrogen and oxygen atoms in total. The molecule has 0 unspecified atom stereocenters. The Labute approximate surface area is 251 Å². The summed E-state index contributed by atoms with van der Waals surface area (Å²) in [6.45, 7) is 3.47. The van der Waals surface area contributed by atoms with Crippen molar-refractivity contribution in [2.75, 3.05) is 12.0 Å². The molecule has 0 aliphatic heterocycles. The van der Waals surface area contributed by atoms with Gasteiger partial charge in [0.05, 0.1) is 18.4 Å². The van der Waals surface area contributed by atoms with E-state index in [1.807, 2.05) is 13.0 Å². The number of nitrogens with zero attached hydrogens (tertiary/aromatic N) is 1. The van der Waals surface area contributed by atoms with E-state index in [2.05, 4.69) is 132 Å². The average Bonchev–Trinajstić information content (AvgIpc) is 3.05. The van der Waals surface area contributed by atoms with Gasteiger partial charge in [-0.2, -0.15) is 0 Å². The summed E-state index contributed by atoms with van der Waals surface area (Å²) in [5.41, 5.74) is 4.77. The summed E-state index contributed by atoms with van der Waals surface area (Å²) >= 11 is 0. The van der Waals surface area contributed by atoms with E-state index in [4.69, 9.17) is 4.74 Å². The largest absolute Gasteiger partial charge is 0.501 e. The van der Waals surface area contributed by atoms with Gasteiger partial charge in [0.1, 0.15) is 5.76 Å². The summed E-state index contributed by atoms with van der Waals surface area (Å²) in [6, 6.07) is 47.1. The maximum Gasteiger partial charge on any atom is 0.163 e. The van der Waals surface area contributed by atoms with E-state index >= 15 is 0 Å². The van der Waals surface area contributed by atoms with Crippen molar-refractivity contribution in [1.29, 1.82) is 0 Å². The van der Waals surface area contributed by atoms with Gasteiger partial charge in [-0.1, -0.05) is 97.1 Å². The van der Waals surface area contributed by atoms with Gasteiger partial charge in [-0.15, -0.1) is 0 Å². The van der Waals surface area contributed by atoms with Crippen molar-refractivity contribution in [3.8, 4) is 0 Å². The number of ether oxygens (including phenoxy) is 1. The zero-order valence-electron chi connectivity index (χ0n) is 24.5. The monoisotopic (exact) mass is 557 g/mol. The summed E-state index contributed by atoms with van der Waals surface area (Å²) in [4.78, 5) is 15.3. The van der Waals surface area contributed by atoms with E-state index in [9.17, 15) is 4.79 Å². The summed E-state index contributed by atoms with van der Waals surface area (Å²) in [5.74, 6) is 0.598. The van der Waals surface area contributed by atoms with Crippen molar-refractivity contribution in [1.82, 2.24) is 0 Å². The molecule has 7 rings (SSSR count). The zero-order valence-corrected chi connectivity index (χ0v) is 24.5. The first-order valence-electron chi connectivity index (χ1n) is 14.5. The molecule has 0 saturated heterocycles. The maximum atomic E-state index is 13.0. The molecule has 0 saturated carbocycles. The lowest BCUT2D eigenvalue weighted by molar-refractivity contribution is -0.111. The number of fused-ring (bicyclic) bond motifs is 6. The second-order valence-corrected chi connectivity index (χ2v) is 10.9. The maximum absolute atomic E-state index is 13.0. The molecule has 0 heterocycles. The molecular weight excluding hydrogens is 526 g/mol. The average molecular weight is 558 g/mol. The van der Waals surface area contributed by atoms with Gasteiger partial charge >= 0.3 is 0 Å².